The molecule has 0 amide bonds. The van der Waals surface area contributed by atoms with Crippen LogP contribution < -0.4 is 19.5 Å². The van der Waals surface area contributed by atoms with Crippen molar-refractivity contribution in [2.75, 3.05) is 27.9 Å². The van der Waals surface area contributed by atoms with Crippen LogP contribution in [0, 0.1) is 5.92 Å². The minimum Gasteiger partial charge on any atom is -0.496 e. The van der Waals surface area contributed by atoms with Crippen LogP contribution in [0.3, 0.4) is 0 Å². The van der Waals surface area contributed by atoms with Crippen molar-refractivity contribution in [3.63, 3.8) is 0 Å². The van der Waals surface area contributed by atoms with Crippen LogP contribution in [-0.4, -0.2) is 27.9 Å². The average molecular weight is 281 g/mol. The number of nitrogens with one attached hydrogen (secondary N) is 1. The lowest BCUT2D eigenvalue weighted by atomic mass is 10.1. The maximum atomic E-state index is 5.43. The minimum atomic E-state index is 0.731. The monoisotopic (exact) mass is 281 g/mol. The molecule has 0 aromatic heterocycles. The van der Waals surface area contributed by atoms with Crippen LogP contribution in [0.25, 0.3) is 0 Å². The van der Waals surface area contributed by atoms with E-state index in [4.69, 9.17) is 14.2 Å². The molecule has 1 aromatic carbocycles. The van der Waals surface area contributed by atoms with Gasteiger partial charge >= 0.3 is 0 Å². The largest absolute Gasteiger partial charge is 0.496 e. The number of methoxy groups -OCH3 is 3. The molecule has 20 heavy (non-hydrogen) atoms. The fourth-order valence-electron chi connectivity index (χ4n) is 2.10. The van der Waals surface area contributed by atoms with Crippen molar-refractivity contribution in [1.29, 1.82) is 0 Å². The molecule has 0 aliphatic carbocycles. The van der Waals surface area contributed by atoms with Crippen molar-refractivity contribution in [3.8, 4) is 17.2 Å². The molecule has 0 bridgehead atoms. The van der Waals surface area contributed by atoms with Gasteiger partial charge in [0.15, 0.2) is 0 Å². The highest BCUT2D eigenvalue weighted by molar-refractivity contribution is 5.50. The number of benzene rings is 1. The van der Waals surface area contributed by atoms with E-state index in [-0.39, 0.29) is 0 Å². The molecule has 0 heterocycles. The lowest BCUT2D eigenvalue weighted by Crippen LogP contribution is -2.16. The molecule has 114 valence electrons. The first-order valence-corrected chi connectivity index (χ1v) is 7.12. The Morgan fingerprint density at radius 1 is 1.00 bits per heavy atom. The fourth-order valence-corrected chi connectivity index (χ4v) is 2.10. The molecule has 0 spiro atoms. The van der Waals surface area contributed by atoms with E-state index in [9.17, 15) is 0 Å². The van der Waals surface area contributed by atoms with Gasteiger partial charge in [0.2, 0.25) is 0 Å². The molecule has 0 saturated heterocycles. The molecular formula is C16H27NO3. The fraction of sp³-hybridized carbons (Fsp3) is 0.625. The number of rotatable bonds is 9. The predicted octanol–water partition coefficient (Wildman–Crippen LogP) is 3.24. The maximum Gasteiger partial charge on any atom is 0.130 e. The standard InChI is InChI=1S/C16H27NO3/c1-12(2)7-6-8-17-11-14-15(19-4)9-13(18-3)10-16(14)20-5/h9-10,12,17H,6-8,11H2,1-5H3. The highest BCUT2D eigenvalue weighted by Gasteiger charge is 2.12. The molecule has 0 radical (unpaired) electrons. The topological polar surface area (TPSA) is 39.7 Å². The molecule has 1 N–H and O–H groups in total. The van der Waals surface area contributed by atoms with E-state index in [0.29, 0.717) is 0 Å². The van der Waals surface area contributed by atoms with E-state index >= 15 is 0 Å². The molecule has 0 atom stereocenters. The third kappa shape index (κ3) is 4.93. The average Bonchev–Trinajstić information content (AvgIpc) is 2.46. The molecule has 0 unspecified atom stereocenters. The zero-order valence-electron chi connectivity index (χ0n) is 13.3. The van der Waals surface area contributed by atoms with Crippen molar-refractivity contribution in [3.05, 3.63) is 17.7 Å². The van der Waals surface area contributed by atoms with E-state index in [2.05, 4.69) is 19.2 Å². The van der Waals surface area contributed by atoms with Gasteiger partial charge in [0.1, 0.15) is 17.2 Å². The van der Waals surface area contributed by atoms with Gasteiger partial charge in [-0.15, -0.1) is 0 Å². The summed E-state index contributed by atoms with van der Waals surface area (Å²) in [6, 6.07) is 3.77. The van der Waals surface area contributed by atoms with Gasteiger partial charge < -0.3 is 19.5 Å². The van der Waals surface area contributed by atoms with E-state index in [1.54, 1.807) is 21.3 Å². The van der Waals surface area contributed by atoms with Crippen LogP contribution >= 0.6 is 0 Å². The van der Waals surface area contributed by atoms with Gasteiger partial charge in [0.05, 0.1) is 26.9 Å². The Morgan fingerprint density at radius 3 is 2.05 bits per heavy atom. The van der Waals surface area contributed by atoms with Crippen LogP contribution in [0.5, 0.6) is 17.2 Å². The second-order valence-electron chi connectivity index (χ2n) is 5.22. The van der Waals surface area contributed by atoms with E-state index in [1.807, 2.05) is 12.1 Å². The summed E-state index contributed by atoms with van der Waals surface area (Å²) in [6.07, 6.45) is 2.42. The molecule has 0 fully saturated rings. The van der Waals surface area contributed by atoms with Crippen molar-refractivity contribution in [2.24, 2.45) is 5.92 Å². The Bertz CT molecular complexity index is 380. The normalized spacial score (nSPS) is 10.7. The summed E-state index contributed by atoms with van der Waals surface area (Å²) in [7, 11) is 4.96. The molecule has 0 aliphatic heterocycles. The van der Waals surface area contributed by atoms with Gasteiger partial charge in [-0.3, -0.25) is 0 Å². The second-order valence-corrected chi connectivity index (χ2v) is 5.22. The maximum absolute atomic E-state index is 5.43. The third-order valence-electron chi connectivity index (χ3n) is 3.25. The second kappa shape index (κ2) is 8.69. The number of ether oxygens (including phenoxy) is 3. The molecule has 4 heteroatoms. The molecule has 1 rings (SSSR count). The first kappa shape index (κ1) is 16.6. The van der Waals surface area contributed by atoms with Crippen LogP contribution in [-0.2, 0) is 6.54 Å². The van der Waals surface area contributed by atoms with Crippen molar-refractivity contribution >= 4 is 0 Å². The summed E-state index contributed by atoms with van der Waals surface area (Å²) >= 11 is 0. The van der Waals surface area contributed by atoms with Gasteiger partial charge in [0, 0.05) is 18.7 Å². The summed E-state index contributed by atoms with van der Waals surface area (Å²) in [5.74, 6) is 3.07. The Hall–Kier alpha value is -1.42. The Morgan fingerprint density at radius 2 is 1.60 bits per heavy atom. The summed E-state index contributed by atoms with van der Waals surface area (Å²) in [5, 5.41) is 3.44. The number of hydrogen-bond donors (Lipinski definition) is 1. The highest BCUT2D eigenvalue weighted by Crippen LogP contribution is 2.33. The minimum absolute atomic E-state index is 0.731. The lowest BCUT2D eigenvalue weighted by Gasteiger charge is -2.15. The summed E-state index contributed by atoms with van der Waals surface area (Å²) in [4.78, 5) is 0. The van der Waals surface area contributed by atoms with Crippen LogP contribution in [0.1, 0.15) is 32.3 Å². The van der Waals surface area contributed by atoms with Crippen molar-refractivity contribution in [2.45, 2.75) is 33.2 Å². The first-order valence-electron chi connectivity index (χ1n) is 7.12. The Labute approximate surface area is 122 Å². The summed E-state index contributed by atoms with van der Waals surface area (Å²) in [5.41, 5.74) is 1.03. The zero-order valence-corrected chi connectivity index (χ0v) is 13.3. The van der Waals surface area contributed by atoms with E-state index in [1.165, 1.54) is 12.8 Å². The Kier molecular flexibility index (Phi) is 7.23. The summed E-state index contributed by atoms with van der Waals surface area (Å²) < 4.78 is 16.1. The van der Waals surface area contributed by atoms with Gasteiger partial charge in [0.25, 0.3) is 0 Å². The number of hydrogen-bond acceptors (Lipinski definition) is 4. The van der Waals surface area contributed by atoms with E-state index in [0.717, 1.165) is 41.8 Å². The molecule has 4 nitrogen and oxygen atoms in total. The van der Waals surface area contributed by atoms with Crippen molar-refractivity contribution < 1.29 is 14.2 Å². The SMILES string of the molecule is COc1cc(OC)c(CNCCCC(C)C)c(OC)c1. The lowest BCUT2D eigenvalue weighted by molar-refractivity contribution is 0.366. The van der Waals surface area contributed by atoms with Gasteiger partial charge in [-0.25, -0.2) is 0 Å². The van der Waals surface area contributed by atoms with Crippen molar-refractivity contribution in [1.82, 2.24) is 5.32 Å². The smallest absolute Gasteiger partial charge is 0.130 e. The quantitative estimate of drug-likeness (QED) is 0.705. The zero-order chi connectivity index (χ0) is 15.0. The Balaban J connectivity index is 2.67. The van der Waals surface area contributed by atoms with Crippen LogP contribution in [0.2, 0.25) is 0 Å². The molecule has 0 saturated carbocycles. The molecule has 0 aliphatic rings. The highest BCUT2D eigenvalue weighted by atomic mass is 16.5. The first-order chi connectivity index (χ1) is 9.62. The van der Waals surface area contributed by atoms with Crippen LogP contribution in [0.4, 0.5) is 0 Å². The van der Waals surface area contributed by atoms with Gasteiger partial charge in [-0.05, 0) is 25.3 Å². The predicted molar refractivity (Wildman–Crippen MR) is 81.9 cm³/mol. The third-order valence-corrected chi connectivity index (χ3v) is 3.25. The molecule has 1 aromatic rings. The van der Waals surface area contributed by atoms with Gasteiger partial charge in [-0.1, -0.05) is 13.8 Å². The molecular weight excluding hydrogens is 254 g/mol. The summed E-state index contributed by atoms with van der Waals surface area (Å²) in [6.45, 7) is 6.22. The van der Waals surface area contributed by atoms with Gasteiger partial charge in [-0.2, -0.15) is 0 Å². The van der Waals surface area contributed by atoms with E-state index < -0.39 is 0 Å². The van der Waals surface area contributed by atoms with Crippen LogP contribution in [0.15, 0.2) is 12.1 Å².